The molecule has 2 aromatic heterocycles. The van der Waals surface area contributed by atoms with Crippen LogP contribution in [0.2, 0.25) is 5.02 Å². The highest BCUT2D eigenvalue weighted by Crippen LogP contribution is 2.17. The number of hydrogen-bond acceptors (Lipinski definition) is 4. The maximum Gasteiger partial charge on any atom is 0.253 e. The minimum atomic E-state index is -0.211. The lowest BCUT2D eigenvalue weighted by Gasteiger charge is -2.08. The number of hydrogen-bond donors (Lipinski definition) is 2. The fourth-order valence-corrected chi connectivity index (χ4v) is 2.02. The first kappa shape index (κ1) is 15.3. The predicted molar refractivity (Wildman–Crippen MR) is 83.7 cm³/mol. The van der Waals surface area contributed by atoms with Crippen LogP contribution in [0.4, 0.5) is 5.82 Å². The van der Waals surface area contributed by atoms with Gasteiger partial charge in [-0.2, -0.15) is 0 Å². The van der Waals surface area contributed by atoms with Crippen LogP contribution in [0.15, 0.2) is 36.7 Å². The Labute approximate surface area is 128 Å². The molecule has 2 N–H and O–H groups in total. The largest absolute Gasteiger partial charge is 0.370 e. The first-order valence-electron chi connectivity index (χ1n) is 6.78. The van der Waals surface area contributed by atoms with Crippen molar-refractivity contribution in [1.29, 1.82) is 0 Å². The van der Waals surface area contributed by atoms with Gasteiger partial charge >= 0.3 is 0 Å². The van der Waals surface area contributed by atoms with E-state index in [4.69, 9.17) is 11.6 Å². The lowest BCUT2D eigenvalue weighted by Crippen LogP contribution is -2.26. The second kappa shape index (κ2) is 7.59. The molecule has 0 saturated heterocycles. The molecule has 2 heterocycles. The van der Waals surface area contributed by atoms with E-state index >= 15 is 0 Å². The topological polar surface area (TPSA) is 66.9 Å². The fraction of sp³-hybridized carbons (Fsp3) is 0.267. The van der Waals surface area contributed by atoms with Crippen molar-refractivity contribution in [3.63, 3.8) is 0 Å². The van der Waals surface area contributed by atoms with E-state index in [1.54, 1.807) is 12.3 Å². The van der Waals surface area contributed by atoms with E-state index in [9.17, 15) is 4.79 Å². The third-order valence-electron chi connectivity index (χ3n) is 2.85. The monoisotopic (exact) mass is 304 g/mol. The van der Waals surface area contributed by atoms with Gasteiger partial charge in [-0.3, -0.25) is 9.78 Å². The maximum atomic E-state index is 12.1. The molecule has 0 bridgehead atoms. The number of pyridine rings is 2. The SMILES string of the molecule is CCNc1cc(C(=O)NCCc2ccccn2)c(Cl)cn1. The van der Waals surface area contributed by atoms with Crippen LogP contribution in [0, 0.1) is 0 Å². The van der Waals surface area contributed by atoms with E-state index in [0.29, 0.717) is 29.4 Å². The van der Waals surface area contributed by atoms with Gasteiger partial charge in [0.15, 0.2) is 0 Å². The molecule has 2 aromatic rings. The van der Waals surface area contributed by atoms with Crippen LogP contribution in [0.25, 0.3) is 0 Å². The van der Waals surface area contributed by atoms with Crippen LogP contribution in [-0.4, -0.2) is 29.0 Å². The molecule has 0 atom stereocenters. The average molecular weight is 305 g/mol. The Balaban J connectivity index is 1.95. The molecular formula is C15H17ClN4O. The van der Waals surface area contributed by atoms with Crippen molar-refractivity contribution >= 4 is 23.3 Å². The summed E-state index contributed by atoms with van der Waals surface area (Å²) < 4.78 is 0. The first-order valence-corrected chi connectivity index (χ1v) is 7.16. The average Bonchev–Trinajstić information content (AvgIpc) is 2.50. The third-order valence-corrected chi connectivity index (χ3v) is 3.15. The van der Waals surface area contributed by atoms with Gasteiger partial charge in [0.2, 0.25) is 0 Å². The number of nitrogens with one attached hydrogen (secondary N) is 2. The van der Waals surface area contributed by atoms with Gasteiger partial charge < -0.3 is 10.6 Å². The van der Waals surface area contributed by atoms with E-state index in [2.05, 4.69) is 20.6 Å². The Morgan fingerprint density at radius 1 is 1.33 bits per heavy atom. The number of anilines is 1. The predicted octanol–water partition coefficient (Wildman–Crippen LogP) is 2.53. The number of carbonyl (C=O) groups excluding carboxylic acids is 1. The Morgan fingerprint density at radius 2 is 2.19 bits per heavy atom. The van der Waals surface area contributed by atoms with Crippen molar-refractivity contribution < 1.29 is 4.79 Å². The highest BCUT2D eigenvalue weighted by molar-refractivity contribution is 6.33. The first-order chi connectivity index (χ1) is 10.2. The summed E-state index contributed by atoms with van der Waals surface area (Å²) in [5, 5.41) is 6.23. The molecule has 2 rings (SSSR count). The summed E-state index contributed by atoms with van der Waals surface area (Å²) in [6, 6.07) is 7.37. The van der Waals surface area contributed by atoms with E-state index in [1.165, 1.54) is 6.20 Å². The van der Waals surface area contributed by atoms with Gasteiger partial charge in [0.25, 0.3) is 5.91 Å². The zero-order valence-electron chi connectivity index (χ0n) is 11.8. The summed E-state index contributed by atoms with van der Waals surface area (Å²) in [7, 11) is 0. The van der Waals surface area contributed by atoms with Gasteiger partial charge in [0, 0.05) is 37.6 Å². The van der Waals surface area contributed by atoms with Gasteiger partial charge in [0.1, 0.15) is 5.82 Å². The van der Waals surface area contributed by atoms with Gasteiger partial charge in [-0.15, -0.1) is 0 Å². The molecule has 0 aliphatic rings. The van der Waals surface area contributed by atoms with E-state index in [1.807, 2.05) is 25.1 Å². The lowest BCUT2D eigenvalue weighted by atomic mass is 10.2. The van der Waals surface area contributed by atoms with Gasteiger partial charge in [-0.25, -0.2) is 4.98 Å². The molecule has 0 unspecified atom stereocenters. The van der Waals surface area contributed by atoms with Gasteiger partial charge in [0.05, 0.1) is 10.6 Å². The lowest BCUT2D eigenvalue weighted by molar-refractivity contribution is 0.0954. The van der Waals surface area contributed by atoms with E-state index in [-0.39, 0.29) is 5.91 Å². The second-order valence-electron chi connectivity index (χ2n) is 4.41. The van der Waals surface area contributed by atoms with E-state index in [0.717, 1.165) is 12.2 Å². The smallest absolute Gasteiger partial charge is 0.253 e. The van der Waals surface area contributed by atoms with Crippen molar-refractivity contribution in [3.8, 4) is 0 Å². The zero-order chi connectivity index (χ0) is 15.1. The summed E-state index contributed by atoms with van der Waals surface area (Å²) in [5.41, 5.74) is 1.36. The van der Waals surface area contributed by atoms with Crippen LogP contribution in [0.1, 0.15) is 23.0 Å². The molecule has 0 aliphatic carbocycles. The number of nitrogens with zero attached hydrogens (tertiary/aromatic N) is 2. The van der Waals surface area contributed by atoms with Crippen LogP contribution in [-0.2, 0) is 6.42 Å². The van der Waals surface area contributed by atoms with E-state index < -0.39 is 0 Å². The van der Waals surface area contributed by atoms with Crippen LogP contribution < -0.4 is 10.6 Å². The quantitative estimate of drug-likeness (QED) is 0.860. The number of aromatic nitrogens is 2. The highest BCUT2D eigenvalue weighted by Gasteiger charge is 2.11. The van der Waals surface area contributed by atoms with Crippen LogP contribution in [0.3, 0.4) is 0 Å². The zero-order valence-corrected chi connectivity index (χ0v) is 12.5. The molecule has 0 radical (unpaired) electrons. The molecule has 21 heavy (non-hydrogen) atoms. The summed E-state index contributed by atoms with van der Waals surface area (Å²) in [6.07, 6.45) is 3.89. The van der Waals surface area contributed by atoms with Crippen molar-refractivity contribution in [2.45, 2.75) is 13.3 Å². The molecule has 110 valence electrons. The Bertz CT molecular complexity index is 604. The molecule has 0 saturated carbocycles. The number of carbonyl (C=O) groups is 1. The fourth-order valence-electron chi connectivity index (χ4n) is 1.84. The van der Waals surface area contributed by atoms with Crippen molar-refractivity contribution in [2.75, 3.05) is 18.4 Å². The summed E-state index contributed by atoms with van der Waals surface area (Å²) in [5.74, 6) is 0.425. The Morgan fingerprint density at radius 3 is 2.90 bits per heavy atom. The Kier molecular flexibility index (Phi) is 5.51. The Hall–Kier alpha value is -2.14. The molecule has 0 aliphatic heterocycles. The second-order valence-corrected chi connectivity index (χ2v) is 4.81. The van der Waals surface area contributed by atoms with Crippen LogP contribution >= 0.6 is 11.6 Å². The number of amides is 1. The molecule has 0 spiro atoms. The van der Waals surface area contributed by atoms with Gasteiger partial charge in [-0.05, 0) is 25.1 Å². The van der Waals surface area contributed by atoms with Crippen LogP contribution in [0.5, 0.6) is 0 Å². The van der Waals surface area contributed by atoms with Gasteiger partial charge in [-0.1, -0.05) is 17.7 Å². The third kappa shape index (κ3) is 4.43. The minimum absolute atomic E-state index is 0.211. The molecule has 6 heteroatoms. The summed E-state index contributed by atoms with van der Waals surface area (Å²) >= 11 is 6.02. The molecule has 0 aromatic carbocycles. The van der Waals surface area contributed by atoms with Crippen molar-refractivity contribution in [1.82, 2.24) is 15.3 Å². The molecular weight excluding hydrogens is 288 g/mol. The number of rotatable bonds is 6. The number of halogens is 1. The maximum absolute atomic E-state index is 12.1. The van der Waals surface area contributed by atoms with Crippen molar-refractivity contribution in [3.05, 3.63) is 52.9 Å². The standard InChI is InChI=1S/C15H17ClN4O/c1-2-17-14-9-12(13(16)10-20-14)15(21)19-8-6-11-5-3-4-7-18-11/h3-5,7,9-10H,2,6,8H2,1H3,(H,17,20)(H,19,21). The summed E-state index contributed by atoms with van der Waals surface area (Å²) in [6.45, 7) is 3.20. The normalized spacial score (nSPS) is 10.2. The molecule has 1 amide bonds. The van der Waals surface area contributed by atoms with Crippen molar-refractivity contribution in [2.24, 2.45) is 0 Å². The molecule has 5 nitrogen and oxygen atoms in total. The summed E-state index contributed by atoms with van der Waals surface area (Å²) in [4.78, 5) is 20.5. The highest BCUT2D eigenvalue weighted by atomic mass is 35.5. The minimum Gasteiger partial charge on any atom is -0.370 e. The molecule has 0 fully saturated rings.